The van der Waals surface area contributed by atoms with E-state index in [1.807, 2.05) is 41.3 Å². The summed E-state index contributed by atoms with van der Waals surface area (Å²) in [6.07, 6.45) is 6.59. The molecule has 2 aliphatic carbocycles. The van der Waals surface area contributed by atoms with E-state index < -0.39 is 5.92 Å². The number of amides is 2. The highest BCUT2D eigenvalue weighted by molar-refractivity contribution is 6.10. The predicted molar refractivity (Wildman–Crippen MR) is 146 cm³/mol. The van der Waals surface area contributed by atoms with E-state index in [0.717, 1.165) is 61.2 Å². The molecule has 5 rings (SSSR count). The minimum absolute atomic E-state index is 0.101. The van der Waals surface area contributed by atoms with Crippen LogP contribution >= 0.6 is 0 Å². The van der Waals surface area contributed by atoms with Crippen molar-refractivity contribution in [3.05, 3.63) is 65.4 Å². The van der Waals surface area contributed by atoms with Gasteiger partial charge in [0.15, 0.2) is 0 Å². The van der Waals surface area contributed by atoms with E-state index >= 15 is 0 Å². The maximum absolute atomic E-state index is 14.1. The van der Waals surface area contributed by atoms with Gasteiger partial charge in [0.1, 0.15) is 11.4 Å². The van der Waals surface area contributed by atoms with Crippen molar-refractivity contribution in [2.45, 2.75) is 57.3 Å². The molecule has 2 aromatic carbocycles. The highest BCUT2D eigenvalue weighted by Gasteiger charge is 2.56. The number of methoxy groups -OCH3 is 1. The summed E-state index contributed by atoms with van der Waals surface area (Å²) in [5.74, 6) is -0.209. The fourth-order valence-electron chi connectivity index (χ4n) is 5.84. The van der Waals surface area contributed by atoms with Crippen LogP contribution < -0.4 is 26.4 Å². The number of anilines is 2. The molecule has 1 aliphatic heterocycles. The topological polar surface area (TPSA) is 111 Å². The largest absolute Gasteiger partial charge is 0.497 e. The normalized spacial score (nSPS) is 20.1. The van der Waals surface area contributed by atoms with Crippen molar-refractivity contribution >= 4 is 23.2 Å². The Labute approximate surface area is 219 Å². The summed E-state index contributed by atoms with van der Waals surface area (Å²) in [6, 6.07) is 15.8. The summed E-state index contributed by atoms with van der Waals surface area (Å²) >= 11 is 0. The van der Waals surface area contributed by atoms with Crippen LogP contribution in [0.3, 0.4) is 0 Å². The summed E-state index contributed by atoms with van der Waals surface area (Å²) < 4.78 is 5.30. The van der Waals surface area contributed by atoms with Crippen LogP contribution in [0.4, 0.5) is 11.4 Å². The average molecular weight is 503 g/mol. The van der Waals surface area contributed by atoms with Crippen molar-refractivity contribution < 1.29 is 14.3 Å². The van der Waals surface area contributed by atoms with Crippen molar-refractivity contribution in [1.82, 2.24) is 0 Å². The lowest BCUT2D eigenvalue weighted by Crippen LogP contribution is -2.47. The van der Waals surface area contributed by atoms with Gasteiger partial charge in [-0.1, -0.05) is 31.9 Å². The van der Waals surface area contributed by atoms with Gasteiger partial charge in [0.05, 0.1) is 13.0 Å². The number of nitrogens with zero attached hydrogens (tertiary/aromatic N) is 1. The number of unbranched alkanes of at least 4 members (excludes halogenated alkanes) is 1. The monoisotopic (exact) mass is 502 g/mol. The molecule has 1 atom stereocenters. The molecule has 7 nitrogen and oxygen atoms in total. The fraction of sp³-hybridized carbons (Fsp3) is 0.467. The molecule has 5 N–H and O–H groups in total. The van der Waals surface area contributed by atoms with Gasteiger partial charge in [-0.25, -0.2) is 0 Å². The third kappa shape index (κ3) is 4.73. The molecule has 196 valence electrons. The Hall–Kier alpha value is -3.32. The summed E-state index contributed by atoms with van der Waals surface area (Å²) in [5.41, 5.74) is 16.1. The maximum Gasteiger partial charge on any atom is 0.274 e. The molecule has 3 aliphatic rings. The van der Waals surface area contributed by atoms with Crippen molar-refractivity contribution in [3.8, 4) is 5.75 Å². The molecule has 7 heteroatoms. The molecule has 0 aromatic heterocycles. The van der Waals surface area contributed by atoms with Crippen LogP contribution in [0.1, 0.15) is 57.4 Å². The van der Waals surface area contributed by atoms with Gasteiger partial charge in [-0.05, 0) is 79.6 Å². The maximum atomic E-state index is 14.1. The second-order valence-electron chi connectivity index (χ2n) is 10.9. The Morgan fingerprint density at radius 3 is 2.27 bits per heavy atom. The lowest BCUT2D eigenvalue weighted by Gasteiger charge is -2.39. The minimum atomic E-state index is -0.462. The summed E-state index contributed by atoms with van der Waals surface area (Å²) in [7, 11) is 1.62. The molecule has 0 bridgehead atoms. The lowest BCUT2D eigenvalue weighted by atomic mass is 9.77. The number of nitrogens with one attached hydrogen (secondary N) is 1. The van der Waals surface area contributed by atoms with E-state index in [1.165, 1.54) is 5.56 Å². The van der Waals surface area contributed by atoms with Crippen LogP contribution in [0.25, 0.3) is 0 Å². The molecule has 37 heavy (non-hydrogen) atoms. The second kappa shape index (κ2) is 9.86. The first-order valence-corrected chi connectivity index (χ1v) is 13.4. The van der Waals surface area contributed by atoms with Gasteiger partial charge in [0.2, 0.25) is 5.91 Å². The van der Waals surface area contributed by atoms with Gasteiger partial charge in [-0.15, -0.1) is 0 Å². The summed E-state index contributed by atoms with van der Waals surface area (Å²) in [5, 5.41) is 3.40. The molecular formula is C30H38N4O3. The number of rotatable bonds is 11. The van der Waals surface area contributed by atoms with Gasteiger partial charge in [-0.3, -0.25) is 9.59 Å². The molecule has 2 fully saturated rings. The molecule has 1 unspecified atom stereocenters. The smallest absolute Gasteiger partial charge is 0.274 e. The number of carbonyl (C=O) groups excluding carboxylic acids is 2. The lowest BCUT2D eigenvalue weighted by molar-refractivity contribution is -0.121. The fourth-order valence-corrected chi connectivity index (χ4v) is 5.84. The Balaban J connectivity index is 1.54. The molecule has 1 heterocycles. The van der Waals surface area contributed by atoms with Crippen LogP contribution in [0.15, 0.2) is 59.8 Å². The third-order valence-electron chi connectivity index (χ3n) is 8.55. The van der Waals surface area contributed by atoms with Crippen LogP contribution in [-0.4, -0.2) is 32.0 Å². The van der Waals surface area contributed by atoms with Gasteiger partial charge >= 0.3 is 0 Å². The van der Waals surface area contributed by atoms with Crippen LogP contribution in [0.2, 0.25) is 0 Å². The van der Waals surface area contributed by atoms with E-state index in [1.54, 1.807) is 7.11 Å². The van der Waals surface area contributed by atoms with Crippen molar-refractivity contribution in [1.29, 1.82) is 0 Å². The van der Waals surface area contributed by atoms with Gasteiger partial charge in [0.25, 0.3) is 5.91 Å². The van der Waals surface area contributed by atoms with Crippen molar-refractivity contribution in [3.63, 3.8) is 0 Å². The standard InChI is InChI=1S/C30H38N4O3/c1-3-4-5-24(27(32)35)25-26(33-21-8-12-23(37-2)13-9-21)28(36)34(19-30(25)16-17-30)22-10-6-20(7-11-22)29(18-31)14-15-29/h6-13,24,33H,3-5,14-19,31H2,1-2H3,(H2,32,35). The van der Waals surface area contributed by atoms with Crippen LogP contribution in [0, 0.1) is 11.3 Å². The molecule has 1 spiro atoms. The quantitative estimate of drug-likeness (QED) is 0.420. The zero-order chi connectivity index (χ0) is 26.2. The number of nitrogens with two attached hydrogens (primary N) is 2. The number of hydrogen-bond acceptors (Lipinski definition) is 5. The zero-order valence-electron chi connectivity index (χ0n) is 21.9. The van der Waals surface area contributed by atoms with Crippen LogP contribution in [0.5, 0.6) is 5.75 Å². The Morgan fingerprint density at radius 1 is 1.08 bits per heavy atom. The number of ether oxygens (including phenoxy) is 1. The van der Waals surface area contributed by atoms with Crippen molar-refractivity contribution in [2.75, 3.05) is 30.4 Å². The van der Waals surface area contributed by atoms with E-state index in [9.17, 15) is 9.59 Å². The molecule has 2 aromatic rings. The second-order valence-corrected chi connectivity index (χ2v) is 10.9. The van der Waals surface area contributed by atoms with E-state index in [2.05, 4.69) is 24.4 Å². The number of hydrogen-bond donors (Lipinski definition) is 3. The van der Waals surface area contributed by atoms with Crippen LogP contribution in [-0.2, 0) is 15.0 Å². The van der Waals surface area contributed by atoms with E-state index in [4.69, 9.17) is 16.2 Å². The first-order chi connectivity index (χ1) is 17.9. The number of primary amides is 1. The summed E-state index contributed by atoms with van der Waals surface area (Å²) in [4.78, 5) is 28.7. The first-order valence-electron chi connectivity index (χ1n) is 13.4. The SMILES string of the molecule is CCCCC(C(N)=O)C1=C(Nc2ccc(OC)cc2)C(=O)N(c2ccc(C3(CN)CC3)cc2)CC12CC2. The highest BCUT2D eigenvalue weighted by Crippen LogP contribution is 2.59. The van der Waals surface area contributed by atoms with Gasteiger partial charge in [-0.2, -0.15) is 0 Å². The molecule has 0 radical (unpaired) electrons. The predicted octanol–water partition coefficient (Wildman–Crippen LogP) is 4.47. The first kappa shape index (κ1) is 25.3. The van der Waals surface area contributed by atoms with E-state index in [0.29, 0.717) is 25.2 Å². The number of benzene rings is 2. The Bertz CT molecular complexity index is 1190. The minimum Gasteiger partial charge on any atom is -0.497 e. The molecular weight excluding hydrogens is 464 g/mol. The Morgan fingerprint density at radius 2 is 1.76 bits per heavy atom. The van der Waals surface area contributed by atoms with Gasteiger partial charge in [0, 0.05) is 35.3 Å². The van der Waals surface area contributed by atoms with Crippen molar-refractivity contribution in [2.24, 2.45) is 22.8 Å². The van der Waals surface area contributed by atoms with E-state index in [-0.39, 0.29) is 22.6 Å². The summed E-state index contributed by atoms with van der Waals surface area (Å²) in [6.45, 7) is 3.31. The number of carbonyl (C=O) groups is 2. The molecule has 2 saturated carbocycles. The third-order valence-corrected chi connectivity index (χ3v) is 8.55. The Kier molecular flexibility index (Phi) is 6.75. The molecule has 2 amide bonds. The highest BCUT2D eigenvalue weighted by atomic mass is 16.5. The molecule has 0 saturated heterocycles. The van der Waals surface area contributed by atoms with Gasteiger partial charge < -0.3 is 26.4 Å². The zero-order valence-corrected chi connectivity index (χ0v) is 21.9. The average Bonchev–Trinajstić information content (AvgIpc) is 3.85.